The van der Waals surface area contributed by atoms with Gasteiger partial charge in [0.25, 0.3) is 0 Å². The van der Waals surface area contributed by atoms with Crippen LogP contribution in [0.2, 0.25) is 0 Å². The third-order valence-electron chi connectivity index (χ3n) is 2.10. The molecule has 0 unspecified atom stereocenters. The number of nitrogens with zero attached hydrogens (tertiary/aromatic N) is 4. The van der Waals surface area contributed by atoms with Crippen LogP contribution >= 0.6 is 0 Å². The highest BCUT2D eigenvalue weighted by molar-refractivity contribution is 5.59. The average Bonchev–Trinajstić information content (AvgIpc) is 2.37. The van der Waals surface area contributed by atoms with Gasteiger partial charge in [-0.3, -0.25) is 0 Å². The summed E-state index contributed by atoms with van der Waals surface area (Å²) in [6, 6.07) is 5.65. The molecule has 0 atom stereocenters. The molecule has 7 heteroatoms. The topological polar surface area (TPSA) is 97.7 Å². The molecule has 90 valence electrons. The van der Waals surface area contributed by atoms with E-state index in [1.165, 1.54) is 19.2 Å². The number of anilines is 1. The maximum atomic E-state index is 13.3. The van der Waals surface area contributed by atoms with Crippen molar-refractivity contribution in [1.29, 1.82) is 5.26 Å². The average molecular weight is 245 g/mol. The fourth-order valence-corrected chi connectivity index (χ4v) is 1.38. The van der Waals surface area contributed by atoms with Crippen LogP contribution in [0.5, 0.6) is 6.01 Å². The maximum Gasteiger partial charge on any atom is 0.321 e. The lowest BCUT2D eigenvalue weighted by molar-refractivity contribution is 0.379. The predicted octanol–water partition coefficient (Wildman–Crippen LogP) is 1.14. The molecular formula is C11H8FN5O. The Balaban J connectivity index is 2.58. The summed E-state index contributed by atoms with van der Waals surface area (Å²) in [6.45, 7) is 0. The summed E-state index contributed by atoms with van der Waals surface area (Å²) < 4.78 is 18.1. The first-order valence-corrected chi connectivity index (χ1v) is 4.89. The number of benzene rings is 1. The number of rotatable bonds is 2. The molecular weight excluding hydrogens is 237 g/mol. The minimum Gasteiger partial charge on any atom is -0.467 e. The van der Waals surface area contributed by atoms with E-state index in [4.69, 9.17) is 15.7 Å². The largest absolute Gasteiger partial charge is 0.467 e. The van der Waals surface area contributed by atoms with Crippen molar-refractivity contribution in [1.82, 2.24) is 15.0 Å². The third kappa shape index (κ3) is 2.32. The van der Waals surface area contributed by atoms with Gasteiger partial charge in [-0.25, -0.2) is 4.39 Å². The molecule has 1 heterocycles. The van der Waals surface area contributed by atoms with Crippen LogP contribution in [0.3, 0.4) is 0 Å². The van der Waals surface area contributed by atoms with Gasteiger partial charge in [0.2, 0.25) is 5.95 Å². The van der Waals surface area contributed by atoms with Crippen LogP contribution in [-0.4, -0.2) is 22.1 Å². The molecule has 1 aromatic carbocycles. The standard InChI is InChI=1S/C11H8FN5O/c1-18-11-16-9(15-10(14)17-11)7-2-6(5-13)3-8(12)4-7/h2-4H,1H3,(H2,14,15,16,17). The molecule has 6 nitrogen and oxygen atoms in total. The molecule has 0 aliphatic heterocycles. The molecule has 0 fully saturated rings. The van der Waals surface area contributed by atoms with Gasteiger partial charge in [-0.05, 0) is 18.2 Å². The highest BCUT2D eigenvalue weighted by atomic mass is 19.1. The second kappa shape index (κ2) is 4.63. The summed E-state index contributed by atoms with van der Waals surface area (Å²) in [7, 11) is 1.38. The summed E-state index contributed by atoms with van der Waals surface area (Å²) in [5.41, 5.74) is 5.98. The van der Waals surface area contributed by atoms with Crippen molar-refractivity contribution in [3.05, 3.63) is 29.6 Å². The molecule has 0 bridgehead atoms. The Kier molecular flexibility index (Phi) is 3.02. The summed E-state index contributed by atoms with van der Waals surface area (Å²) in [6.07, 6.45) is 0. The number of nitriles is 1. The number of nitrogen functional groups attached to an aromatic ring is 1. The maximum absolute atomic E-state index is 13.3. The van der Waals surface area contributed by atoms with E-state index in [9.17, 15) is 4.39 Å². The number of hydrogen-bond acceptors (Lipinski definition) is 6. The quantitative estimate of drug-likeness (QED) is 0.851. The normalized spacial score (nSPS) is 9.83. The van der Waals surface area contributed by atoms with Gasteiger partial charge >= 0.3 is 6.01 Å². The van der Waals surface area contributed by atoms with Gasteiger partial charge in [-0.2, -0.15) is 20.2 Å². The van der Waals surface area contributed by atoms with Crippen molar-refractivity contribution in [3.63, 3.8) is 0 Å². The van der Waals surface area contributed by atoms with Gasteiger partial charge in [-0.15, -0.1) is 0 Å². The Morgan fingerprint density at radius 3 is 2.72 bits per heavy atom. The Hall–Kier alpha value is -2.75. The molecule has 0 saturated heterocycles. The zero-order valence-electron chi connectivity index (χ0n) is 9.38. The van der Waals surface area contributed by atoms with Gasteiger partial charge in [0, 0.05) is 5.56 Å². The summed E-state index contributed by atoms with van der Waals surface area (Å²) >= 11 is 0. The molecule has 0 aliphatic rings. The van der Waals surface area contributed by atoms with Gasteiger partial charge in [0.1, 0.15) is 5.82 Å². The van der Waals surface area contributed by atoms with Gasteiger partial charge in [0.15, 0.2) is 5.82 Å². The Bertz CT molecular complexity index is 638. The van der Waals surface area contributed by atoms with E-state index in [1.54, 1.807) is 0 Å². The van der Waals surface area contributed by atoms with Crippen molar-refractivity contribution in [3.8, 4) is 23.5 Å². The third-order valence-corrected chi connectivity index (χ3v) is 2.10. The molecule has 1 aromatic heterocycles. The lowest BCUT2D eigenvalue weighted by Crippen LogP contribution is -2.02. The SMILES string of the molecule is COc1nc(N)nc(-c2cc(F)cc(C#N)c2)n1. The van der Waals surface area contributed by atoms with Crippen molar-refractivity contribution < 1.29 is 9.13 Å². The molecule has 2 aromatic rings. The minimum atomic E-state index is -0.554. The Morgan fingerprint density at radius 1 is 1.28 bits per heavy atom. The lowest BCUT2D eigenvalue weighted by atomic mass is 10.1. The van der Waals surface area contributed by atoms with Crippen molar-refractivity contribution in [2.24, 2.45) is 0 Å². The second-order valence-corrected chi connectivity index (χ2v) is 3.34. The molecule has 2 N–H and O–H groups in total. The first kappa shape index (κ1) is 11.7. The number of ether oxygens (including phenoxy) is 1. The van der Waals surface area contributed by atoms with Crippen LogP contribution in [-0.2, 0) is 0 Å². The van der Waals surface area contributed by atoms with E-state index in [1.807, 2.05) is 6.07 Å². The predicted molar refractivity (Wildman–Crippen MR) is 60.9 cm³/mol. The Morgan fingerprint density at radius 2 is 2.06 bits per heavy atom. The zero-order valence-corrected chi connectivity index (χ0v) is 9.38. The summed E-state index contributed by atoms with van der Waals surface area (Å²) in [5.74, 6) is -0.447. The van der Waals surface area contributed by atoms with Crippen molar-refractivity contribution >= 4 is 5.95 Å². The smallest absolute Gasteiger partial charge is 0.321 e. The molecule has 0 aliphatic carbocycles. The first-order valence-electron chi connectivity index (χ1n) is 4.89. The van der Waals surface area contributed by atoms with Crippen LogP contribution in [0.25, 0.3) is 11.4 Å². The lowest BCUT2D eigenvalue weighted by Gasteiger charge is -2.04. The molecule has 0 radical (unpaired) electrons. The fourth-order valence-electron chi connectivity index (χ4n) is 1.38. The van der Waals surface area contributed by atoms with E-state index in [0.717, 1.165) is 6.07 Å². The first-order chi connectivity index (χ1) is 8.62. The van der Waals surface area contributed by atoms with Crippen LogP contribution in [0, 0.1) is 17.1 Å². The number of aromatic nitrogens is 3. The Labute approximate surface area is 102 Å². The van der Waals surface area contributed by atoms with Crippen LogP contribution in [0.4, 0.5) is 10.3 Å². The van der Waals surface area contributed by atoms with Gasteiger partial charge in [-0.1, -0.05) is 0 Å². The highest BCUT2D eigenvalue weighted by Crippen LogP contribution is 2.20. The fraction of sp³-hybridized carbons (Fsp3) is 0.0909. The van der Waals surface area contributed by atoms with E-state index < -0.39 is 5.82 Å². The van der Waals surface area contributed by atoms with E-state index in [-0.39, 0.29) is 23.3 Å². The zero-order chi connectivity index (χ0) is 13.1. The molecule has 0 saturated carbocycles. The van der Waals surface area contributed by atoms with Gasteiger partial charge < -0.3 is 10.5 Å². The van der Waals surface area contributed by atoms with Crippen LogP contribution in [0.15, 0.2) is 18.2 Å². The number of methoxy groups -OCH3 is 1. The van der Waals surface area contributed by atoms with E-state index >= 15 is 0 Å². The highest BCUT2D eigenvalue weighted by Gasteiger charge is 2.09. The monoisotopic (exact) mass is 245 g/mol. The van der Waals surface area contributed by atoms with Crippen molar-refractivity contribution in [2.75, 3.05) is 12.8 Å². The molecule has 2 rings (SSSR count). The molecule has 0 amide bonds. The number of halogens is 1. The number of hydrogen-bond donors (Lipinski definition) is 1. The van der Waals surface area contributed by atoms with E-state index in [0.29, 0.717) is 5.56 Å². The van der Waals surface area contributed by atoms with E-state index in [2.05, 4.69) is 15.0 Å². The second-order valence-electron chi connectivity index (χ2n) is 3.34. The van der Waals surface area contributed by atoms with Crippen LogP contribution < -0.4 is 10.5 Å². The minimum absolute atomic E-state index is 0.0280. The van der Waals surface area contributed by atoms with Gasteiger partial charge in [0.05, 0.1) is 18.7 Å². The molecule has 18 heavy (non-hydrogen) atoms. The number of nitrogens with two attached hydrogens (primary N) is 1. The summed E-state index contributed by atoms with van der Waals surface area (Å²) in [4.78, 5) is 11.5. The van der Waals surface area contributed by atoms with Crippen LogP contribution in [0.1, 0.15) is 5.56 Å². The molecule has 0 spiro atoms. The summed E-state index contributed by atoms with van der Waals surface area (Å²) in [5, 5.41) is 8.77. The van der Waals surface area contributed by atoms with Crippen molar-refractivity contribution in [2.45, 2.75) is 0 Å².